The molecular formula is C20H25FN6O. The van der Waals surface area contributed by atoms with Gasteiger partial charge in [0.05, 0.1) is 11.3 Å². The molecule has 1 fully saturated rings. The van der Waals surface area contributed by atoms with Crippen molar-refractivity contribution in [3.8, 4) is 0 Å². The largest absolute Gasteiger partial charge is 0.366 e. The molecule has 0 saturated carbocycles. The van der Waals surface area contributed by atoms with Crippen LogP contribution >= 0.6 is 0 Å². The van der Waals surface area contributed by atoms with E-state index in [2.05, 4.69) is 25.5 Å². The molecule has 148 valence electrons. The Balaban J connectivity index is 1.42. The molecule has 2 heterocycles. The molecule has 1 aromatic heterocycles. The number of aromatic nitrogens is 1. The first kappa shape index (κ1) is 19.6. The molecule has 2 N–H and O–H groups in total. The molecule has 0 bridgehead atoms. The Labute approximate surface area is 164 Å². The quantitative estimate of drug-likeness (QED) is 0.463. The summed E-state index contributed by atoms with van der Waals surface area (Å²) in [5.74, 6) is 0.440. The Bertz CT molecular complexity index is 805. The highest BCUT2D eigenvalue weighted by atomic mass is 19.1. The Kier molecular flexibility index (Phi) is 6.78. The summed E-state index contributed by atoms with van der Waals surface area (Å²) in [7, 11) is 1.74. The third-order valence-corrected chi connectivity index (χ3v) is 4.60. The average molecular weight is 384 g/mol. The van der Waals surface area contributed by atoms with E-state index in [4.69, 9.17) is 0 Å². The summed E-state index contributed by atoms with van der Waals surface area (Å²) in [5.41, 5.74) is 1.18. The number of nitrogens with zero attached hydrogens (tertiary/aromatic N) is 4. The van der Waals surface area contributed by atoms with Gasteiger partial charge in [-0.25, -0.2) is 4.39 Å². The van der Waals surface area contributed by atoms with Crippen LogP contribution < -0.4 is 15.5 Å². The summed E-state index contributed by atoms with van der Waals surface area (Å²) in [6.07, 6.45) is 3.17. The minimum Gasteiger partial charge on any atom is -0.366 e. The predicted molar refractivity (Wildman–Crippen MR) is 108 cm³/mol. The standard InChI is InChI=1S/C20H25FN6O/c1-22-20(25-10-9-24-19(28)16-5-4-8-23-15-16)27-13-11-26(12-14-27)18-7-3-2-6-17(18)21/h2-8,15H,9-14H2,1H3,(H,22,25)(H,24,28). The number of rotatable bonds is 5. The maximum Gasteiger partial charge on any atom is 0.252 e. The van der Waals surface area contributed by atoms with Gasteiger partial charge in [-0.3, -0.25) is 14.8 Å². The average Bonchev–Trinajstić information content (AvgIpc) is 2.75. The van der Waals surface area contributed by atoms with E-state index in [1.165, 1.54) is 12.3 Å². The molecule has 3 rings (SSSR count). The molecule has 0 unspecified atom stereocenters. The van der Waals surface area contributed by atoms with Crippen LogP contribution in [-0.4, -0.2) is 68.1 Å². The van der Waals surface area contributed by atoms with Crippen LogP contribution in [0.15, 0.2) is 53.8 Å². The number of aliphatic imine (C=N–C) groups is 1. The van der Waals surface area contributed by atoms with Crippen molar-refractivity contribution < 1.29 is 9.18 Å². The highest BCUT2D eigenvalue weighted by Gasteiger charge is 2.21. The van der Waals surface area contributed by atoms with E-state index in [9.17, 15) is 9.18 Å². The lowest BCUT2D eigenvalue weighted by Crippen LogP contribution is -2.53. The number of hydrogen-bond donors (Lipinski definition) is 2. The number of nitrogens with one attached hydrogen (secondary N) is 2. The van der Waals surface area contributed by atoms with Gasteiger partial charge in [0.2, 0.25) is 0 Å². The maximum atomic E-state index is 14.0. The minimum atomic E-state index is -0.192. The molecule has 1 aliphatic rings. The fourth-order valence-corrected chi connectivity index (χ4v) is 3.15. The van der Waals surface area contributed by atoms with Crippen molar-refractivity contribution in [2.24, 2.45) is 4.99 Å². The van der Waals surface area contributed by atoms with Crippen LogP contribution in [0, 0.1) is 5.82 Å². The molecule has 1 saturated heterocycles. The Morgan fingerprint density at radius 1 is 1.11 bits per heavy atom. The van der Waals surface area contributed by atoms with E-state index in [0.717, 1.165) is 32.1 Å². The van der Waals surface area contributed by atoms with Crippen LogP contribution in [0.4, 0.5) is 10.1 Å². The summed E-state index contributed by atoms with van der Waals surface area (Å²) in [5, 5.41) is 6.12. The third kappa shape index (κ3) is 4.97. The van der Waals surface area contributed by atoms with Crippen LogP contribution in [0.5, 0.6) is 0 Å². The Morgan fingerprint density at radius 3 is 2.54 bits per heavy atom. The second-order valence-corrected chi connectivity index (χ2v) is 6.40. The molecule has 1 amide bonds. The zero-order valence-electron chi connectivity index (χ0n) is 15.9. The Morgan fingerprint density at radius 2 is 1.86 bits per heavy atom. The van der Waals surface area contributed by atoms with Crippen molar-refractivity contribution >= 4 is 17.6 Å². The molecule has 0 aliphatic carbocycles. The van der Waals surface area contributed by atoms with Crippen molar-refractivity contribution in [2.45, 2.75) is 0 Å². The summed E-state index contributed by atoms with van der Waals surface area (Å²) in [6.45, 7) is 3.97. The van der Waals surface area contributed by atoms with Gasteiger partial charge in [0, 0.05) is 58.7 Å². The lowest BCUT2D eigenvalue weighted by atomic mass is 10.2. The van der Waals surface area contributed by atoms with Crippen molar-refractivity contribution in [1.29, 1.82) is 0 Å². The van der Waals surface area contributed by atoms with Crippen LogP contribution in [0.25, 0.3) is 0 Å². The monoisotopic (exact) mass is 384 g/mol. The molecule has 0 atom stereocenters. The van der Waals surface area contributed by atoms with E-state index >= 15 is 0 Å². The van der Waals surface area contributed by atoms with E-state index in [-0.39, 0.29) is 11.7 Å². The number of carbonyl (C=O) groups is 1. The molecule has 2 aromatic rings. The van der Waals surface area contributed by atoms with E-state index in [1.54, 1.807) is 31.4 Å². The lowest BCUT2D eigenvalue weighted by Gasteiger charge is -2.37. The Hall–Kier alpha value is -3.16. The van der Waals surface area contributed by atoms with Crippen molar-refractivity contribution in [2.75, 3.05) is 51.2 Å². The number of guanidine groups is 1. The molecule has 0 radical (unpaired) electrons. The van der Waals surface area contributed by atoms with Gasteiger partial charge in [-0.15, -0.1) is 0 Å². The zero-order valence-corrected chi connectivity index (χ0v) is 15.9. The van der Waals surface area contributed by atoms with Gasteiger partial charge in [0.25, 0.3) is 5.91 Å². The number of anilines is 1. The summed E-state index contributed by atoms with van der Waals surface area (Å²) < 4.78 is 14.0. The van der Waals surface area contributed by atoms with Gasteiger partial charge in [-0.2, -0.15) is 0 Å². The fraction of sp³-hybridized carbons (Fsp3) is 0.350. The number of carbonyl (C=O) groups excluding carboxylic acids is 1. The van der Waals surface area contributed by atoms with E-state index in [1.807, 2.05) is 17.0 Å². The molecule has 1 aliphatic heterocycles. The van der Waals surface area contributed by atoms with Crippen molar-refractivity contribution in [1.82, 2.24) is 20.5 Å². The van der Waals surface area contributed by atoms with Crippen LogP contribution in [0.1, 0.15) is 10.4 Å². The number of benzene rings is 1. The number of halogens is 1. The van der Waals surface area contributed by atoms with E-state index < -0.39 is 0 Å². The van der Waals surface area contributed by atoms with E-state index in [0.29, 0.717) is 24.3 Å². The number of piperazine rings is 1. The molecule has 7 nitrogen and oxygen atoms in total. The summed E-state index contributed by atoms with van der Waals surface area (Å²) >= 11 is 0. The SMILES string of the molecule is CN=C(NCCNC(=O)c1cccnc1)N1CCN(c2ccccc2F)CC1. The first-order valence-electron chi connectivity index (χ1n) is 9.32. The van der Waals surface area contributed by atoms with Crippen molar-refractivity contribution in [3.05, 3.63) is 60.2 Å². The highest BCUT2D eigenvalue weighted by Crippen LogP contribution is 2.20. The van der Waals surface area contributed by atoms with Gasteiger partial charge in [-0.1, -0.05) is 12.1 Å². The van der Waals surface area contributed by atoms with Crippen molar-refractivity contribution in [3.63, 3.8) is 0 Å². The van der Waals surface area contributed by atoms with Crippen LogP contribution in [0.3, 0.4) is 0 Å². The number of hydrogen-bond acceptors (Lipinski definition) is 4. The van der Waals surface area contributed by atoms with Gasteiger partial charge in [-0.05, 0) is 24.3 Å². The zero-order chi connectivity index (χ0) is 19.8. The second kappa shape index (κ2) is 9.68. The summed E-state index contributed by atoms with van der Waals surface area (Å²) in [4.78, 5) is 24.4. The number of amides is 1. The van der Waals surface area contributed by atoms with Crippen LogP contribution in [-0.2, 0) is 0 Å². The second-order valence-electron chi connectivity index (χ2n) is 6.40. The lowest BCUT2D eigenvalue weighted by molar-refractivity contribution is 0.0954. The first-order chi connectivity index (χ1) is 13.7. The molecule has 0 spiro atoms. The van der Waals surface area contributed by atoms with Gasteiger partial charge >= 0.3 is 0 Å². The number of pyridine rings is 1. The van der Waals surface area contributed by atoms with Gasteiger partial charge < -0.3 is 20.4 Å². The molecular weight excluding hydrogens is 359 g/mol. The summed E-state index contributed by atoms with van der Waals surface area (Å²) in [6, 6.07) is 10.3. The topological polar surface area (TPSA) is 72.9 Å². The van der Waals surface area contributed by atoms with Gasteiger partial charge in [0.1, 0.15) is 5.82 Å². The minimum absolute atomic E-state index is 0.150. The first-order valence-corrected chi connectivity index (χ1v) is 9.32. The number of para-hydroxylation sites is 1. The third-order valence-electron chi connectivity index (χ3n) is 4.60. The molecule has 1 aromatic carbocycles. The van der Waals surface area contributed by atoms with Crippen LogP contribution in [0.2, 0.25) is 0 Å². The highest BCUT2D eigenvalue weighted by molar-refractivity contribution is 5.93. The molecule has 8 heteroatoms. The smallest absolute Gasteiger partial charge is 0.252 e. The molecule has 28 heavy (non-hydrogen) atoms. The fourth-order valence-electron chi connectivity index (χ4n) is 3.15. The predicted octanol–water partition coefficient (Wildman–Crippen LogP) is 1.35. The van der Waals surface area contributed by atoms with Gasteiger partial charge in [0.15, 0.2) is 5.96 Å². The maximum absolute atomic E-state index is 14.0. The normalized spacial score (nSPS) is 14.7.